The lowest BCUT2D eigenvalue weighted by Crippen LogP contribution is -2.54. The molecule has 7 heteroatoms. The third-order valence-corrected chi connectivity index (χ3v) is 2.45. The van der Waals surface area contributed by atoms with Gasteiger partial charge in [0.15, 0.2) is 0 Å². The van der Waals surface area contributed by atoms with Crippen LogP contribution >= 0.6 is 0 Å². The molecule has 0 spiro atoms. The van der Waals surface area contributed by atoms with E-state index in [0.29, 0.717) is 13.1 Å². The van der Waals surface area contributed by atoms with Gasteiger partial charge >= 0.3 is 17.9 Å². The van der Waals surface area contributed by atoms with Gasteiger partial charge in [0, 0.05) is 6.54 Å². The zero-order valence-corrected chi connectivity index (χ0v) is 9.13. The molecule has 0 unspecified atom stereocenters. The van der Waals surface area contributed by atoms with Gasteiger partial charge in [0.25, 0.3) is 5.41 Å². The smallest absolute Gasteiger partial charge is 0.334 e. The quantitative estimate of drug-likeness (QED) is 0.511. The first kappa shape index (κ1) is 14.4. The summed E-state index contributed by atoms with van der Waals surface area (Å²) in [5, 5.41) is 26.4. The Labute approximate surface area is 92.3 Å². The third-order valence-electron chi connectivity index (χ3n) is 2.45. The van der Waals surface area contributed by atoms with Gasteiger partial charge in [-0.2, -0.15) is 0 Å². The van der Waals surface area contributed by atoms with E-state index in [-0.39, 0.29) is 0 Å². The molecule has 16 heavy (non-hydrogen) atoms. The predicted molar refractivity (Wildman–Crippen MR) is 53.1 cm³/mol. The molecule has 0 rings (SSSR count). The molecule has 0 aromatic heterocycles. The molecule has 0 radical (unpaired) electrons. The van der Waals surface area contributed by atoms with Crippen molar-refractivity contribution < 1.29 is 29.7 Å². The fourth-order valence-electron chi connectivity index (χ4n) is 1.26. The highest BCUT2D eigenvalue weighted by Gasteiger charge is 2.55. The highest BCUT2D eigenvalue weighted by atomic mass is 16.4. The normalized spacial score (nSPS) is 11.4. The van der Waals surface area contributed by atoms with Crippen LogP contribution in [-0.2, 0) is 14.4 Å². The molecule has 0 aliphatic heterocycles. The Morgan fingerprint density at radius 3 is 1.44 bits per heavy atom. The zero-order chi connectivity index (χ0) is 12.9. The summed E-state index contributed by atoms with van der Waals surface area (Å²) in [5.41, 5.74) is -2.80. The van der Waals surface area contributed by atoms with E-state index in [9.17, 15) is 14.4 Å². The fourth-order valence-corrected chi connectivity index (χ4v) is 1.26. The average molecular weight is 233 g/mol. The van der Waals surface area contributed by atoms with Crippen LogP contribution in [0.15, 0.2) is 0 Å². The first-order valence-corrected chi connectivity index (χ1v) is 4.75. The van der Waals surface area contributed by atoms with Crippen LogP contribution in [0, 0.1) is 5.41 Å². The molecular weight excluding hydrogens is 218 g/mol. The zero-order valence-electron chi connectivity index (χ0n) is 9.13. The summed E-state index contributed by atoms with van der Waals surface area (Å²) in [6.07, 6.45) is 0. The Hall–Kier alpha value is -1.63. The maximum absolute atomic E-state index is 10.9. The summed E-state index contributed by atoms with van der Waals surface area (Å²) in [5.74, 6) is -5.58. The average Bonchev–Trinajstić information content (AvgIpc) is 2.18. The summed E-state index contributed by atoms with van der Waals surface area (Å²) in [4.78, 5) is 34.1. The number of carbonyl (C=O) groups is 3. The van der Waals surface area contributed by atoms with Crippen LogP contribution in [0.1, 0.15) is 13.8 Å². The van der Waals surface area contributed by atoms with Gasteiger partial charge in [0.1, 0.15) is 0 Å². The minimum atomic E-state index is -2.80. The van der Waals surface area contributed by atoms with Crippen molar-refractivity contribution >= 4 is 17.9 Å². The maximum Gasteiger partial charge on any atom is 0.334 e. The molecular formula is C9H15NO6. The van der Waals surface area contributed by atoms with E-state index in [0.717, 1.165) is 0 Å². The van der Waals surface area contributed by atoms with E-state index in [1.165, 1.54) is 4.90 Å². The van der Waals surface area contributed by atoms with Gasteiger partial charge in [0.2, 0.25) is 0 Å². The lowest BCUT2D eigenvalue weighted by molar-refractivity contribution is -0.177. The summed E-state index contributed by atoms with van der Waals surface area (Å²) in [7, 11) is 0. The van der Waals surface area contributed by atoms with Crippen molar-refractivity contribution in [2.24, 2.45) is 5.41 Å². The van der Waals surface area contributed by atoms with E-state index in [4.69, 9.17) is 15.3 Å². The number of hydrogen-bond acceptors (Lipinski definition) is 4. The number of rotatable bonds is 7. The SMILES string of the molecule is CCN(CC)CC(C(=O)O)(C(=O)O)C(=O)O. The lowest BCUT2D eigenvalue weighted by Gasteiger charge is -2.27. The Morgan fingerprint density at radius 2 is 1.25 bits per heavy atom. The molecule has 0 saturated carbocycles. The molecule has 3 N–H and O–H groups in total. The second kappa shape index (κ2) is 5.45. The van der Waals surface area contributed by atoms with Crippen molar-refractivity contribution in [3.8, 4) is 0 Å². The number of carboxylic acids is 3. The Kier molecular flexibility index (Phi) is 4.90. The molecule has 0 fully saturated rings. The van der Waals surface area contributed by atoms with Gasteiger partial charge in [-0.1, -0.05) is 13.8 Å². The van der Waals surface area contributed by atoms with E-state index < -0.39 is 29.9 Å². The van der Waals surface area contributed by atoms with Crippen LogP contribution < -0.4 is 0 Å². The molecule has 0 aromatic carbocycles. The van der Waals surface area contributed by atoms with Crippen LogP contribution in [0.2, 0.25) is 0 Å². The van der Waals surface area contributed by atoms with Crippen LogP contribution in [0.4, 0.5) is 0 Å². The first-order chi connectivity index (χ1) is 7.32. The Bertz CT molecular complexity index is 260. The van der Waals surface area contributed by atoms with Gasteiger partial charge in [-0.25, -0.2) is 0 Å². The summed E-state index contributed by atoms with van der Waals surface area (Å²) >= 11 is 0. The van der Waals surface area contributed by atoms with Crippen molar-refractivity contribution in [1.82, 2.24) is 4.90 Å². The van der Waals surface area contributed by atoms with Crippen molar-refractivity contribution in [3.05, 3.63) is 0 Å². The maximum atomic E-state index is 10.9. The van der Waals surface area contributed by atoms with Gasteiger partial charge in [-0.3, -0.25) is 14.4 Å². The van der Waals surface area contributed by atoms with Gasteiger partial charge in [-0.15, -0.1) is 0 Å². The first-order valence-electron chi connectivity index (χ1n) is 4.75. The largest absolute Gasteiger partial charge is 0.480 e. The minimum absolute atomic E-state index is 0.381. The van der Waals surface area contributed by atoms with Gasteiger partial charge in [-0.05, 0) is 13.1 Å². The fraction of sp³-hybridized carbons (Fsp3) is 0.667. The number of hydrogen-bond donors (Lipinski definition) is 3. The molecule has 0 amide bonds. The Morgan fingerprint density at radius 1 is 0.938 bits per heavy atom. The van der Waals surface area contributed by atoms with Crippen molar-refractivity contribution in [3.63, 3.8) is 0 Å². The molecule has 0 atom stereocenters. The van der Waals surface area contributed by atoms with E-state index in [1.54, 1.807) is 13.8 Å². The standard InChI is InChI=1S/C9H15NO6/c1-3-10(4-2)5-9(6(11)12,7(13)14)8(15)16/h3-5H2,1-2H3,(H,11,12)(H,13,14)(H,15,16). The Balaban J connectivity index is 5.29. The van der Waals surface area contributed by atoms with Crippen molar-refractivity contribution in [2.45, 2.75) is 13.8 Å². The minimum Gasteiger partial charge on any atom is -0.480 e. The van der Waals surface area contributed by atoms with Gasteiger partial charge in [0.05, 0.1) is 0 Å². The van der Waals surface area contributed by atoms with Crippen LogP contribution in [0.25, 0.3) is 0 Å². The number of nitrogens with zero attached hydrogens (tertiary/aromatic N) is 1. The summed E-state index contributed by atoms with van der Waals surface area (Å²) < 4.78 is 0. The predicted octanol–water partition coefficient (Wildman–Crippen LogP) is -0.432. The topological polar surface area (TPSA) is 115 Å². The molecule has 92 valence electrons. The number of carboxylic acid groups (broad SMARTS) is 3. The molecule has 0 aliphatic rings. The van der Waals surface area contributed by atoms with Crippen LogP contribution in [-0.4, -0.2) is 57.8 Å². The van der Waals surface area contributed by atoms with Crippen LogP contribution in [0.3, 0.4) is 0 Å². The molecule has 7 nitrogen and oxygen atoms in total. The highest BCUT2D eigenvalue weighted by Crippen LogP contribution is 2.20. The second-order valence-corrected chi connectivity index (χ2v) is 3.28. The van der Waals surface area contributed by atoms with Crippen LogP contribution in [0.5, 0.6) is 0 Å². The molecule has 0 bridgehead atoms. The molecule has 0 aliphatic carbocycles. The number of aliphatic carboxylic acids is 3. The van der Waals surface area contributed by atoms with Crippen molar-refractivity contribution in [2.75, 3.05) is 19.6 Å². The second-order valence-electron chi connectivity index (χ2n) is 3.28. The summed E-state index contributed by atoms with van der Waals surface area (Å²) in [6.45, 7) is 3.60. The monoisotopic (exact) mass is 233 g/mol. The highest BCUT2D eigenvalue weighted by molar-refractivity contribution is 6.16. The van der Waals surface area contributed by atoms with E-state index >= 15 is 0 Å². The lowest BCUT2D eigenvalue weighted by atomic mass is 9.87. The van der Waals surface area contributed by atoms with Crippen molar-refractivity contribution in [1.29, 1.82) is 0 Å². The third kappa shape index (κ3) is 2.48. The van der Waals surface area contributed by atoms with Gasteiger partial charge < -0.3 is 20.2 Å². The van der Waals surface area contributed by atoms with E-state index in [2.05, 4.69) is 0 Å². The molecule has 0 heterocycles. The molecule has 0 saturated heterocycles. The summed E-state index contributed by atoms with van der Waals surface area (Å²) in [6, 6.07) is 0. The van der Waals surface area contributed by atoms with E-state index in [1.807, 2.05) is 0 Å². The molecule has 0 aromatic rings.